The van der Waals surface area contributed by atoms with Crippen molar-refractivity contribution in [1.82, 2.24) is 9.80 Å². The SMILES string of the molecule is CC.CC1c2ccccc2C(=O)N1C.CCOC=O.CONc1ccc(CC(=O)OC)cc1C(=O)N(C)C. The smallest absolute Gasteiger partial charge is 0.309 e. The van der Waals surface area contributed by atoms with Crippen molar-refractivity contribution in [1.29, 1.82) is 0 Å². The van der Waals surface area contributed by atoms with E-state index in [0.29, 0.717) is 29.9 Å². The zero-order valence-electron chi connectivity index (χ0n) is 23.9. The molecule has 1 atom stereocenters. The Labute approximate surface area is 225 Å². The summed E-state index contributed by atoms with van der Waals surface area (Å²) in [6.07, 6.45) is 0.122. The summed E-state index contributed by atoms with van der Waals surface area (Å²) in [5.41, 5.74) is 6.34. The number of fused-ring (bicyclic) bond motifs is 1. The van der Waals surface area contributed by atoms with Gasteiger partial charge in [0.1, 0.15) is 0 Å². The Morgan fingerprint density at radius 1 is 1.11 bits per heavy atom. The van der Waals surface area contributed by atoms with Gasteiger partial charge in [-0.1, -0.05) is 38.1 Å². The van der Waals surface area contributed by atoms with E-state index >= 15 is 0 Å². The number of hydrogen-bond donors (Lipinski definition) is 1. The average Bonchev–Trinajstić information content (AvgIpc) is 3.15. The molecule has 0 aromatic heterocycles. The maximum atomic E-state index is 12.1. The van der Waals surface area contributed by atoms with Crippen LogP contribution >= 0.6 is 0 Å². The number of nitrogens with one attached hydrogen (secondary N) is 1. The summed E-state index contributed by atoms with van der Waals surface area (Å²) in [4.78, 5) is 52.1. The van der Waals surface area contributed by atoms with Crippen molar-refractivity contribution in [3.05, 3.63) is 64.7 Å². The van der Waals surface area contributed by atoms with Crippen LogP contribution in [-0.2, 0) is 30.3 Å². The minimum atomic E-state index is -0.351. The molecule has 0 radical (unpaired) electrons. The summed E-state index contributed by atoms with van der Waals surface area (Å²) in [7, 11) is 7.95. The second-order valence-corrected chi connectivity index (χ2v) is 7.87. The van der Waals surface area contributed by atoms with Gasteiger partial charge in [0.15, 0.2) is 0 Å². The average molecular weight is 532 g/mol. The quantitative estimate of drug-likeness (QED) is 0.322. The zero-order valence-corrected chi connectivity index (χ0v) is 23.9. The molecule has 0 saturated heterocycles. The van der Waals surface area contributed by atoms with Crippen LogP contribution in [0.15, 0.2) is 42.5 Å². The largest absolute Gasteiger partial charge is 0.469 e. The molecule has 0 saturated carbocycles. The predicted octanol–water partition coefficient (Wildman–Crippen LogP) is 4.12. The van der Waals surface area contributed by atoms with E-state index in [9.17, 15) is 19.2 Å². The van der Waals surface area contributed by atoms with Gasteiger partial charge in [0.2, 0.25) is 0 Å². The van der Waals surface area contributed by atoms with Gasteiger partial charge in [-0.2, -0.15) is 0 Å². The van der Waals surface area contributed by atoms with Crippen molar-refractivity contribution in [3.63, 3.8) is 0 Å². The molecule has 2 aromatic carbocycles. The summed E-state index contributed by atoms with van der Waals surface area (Å²) in [5, 5.41) is 0. The first-order valence-corrected chi connectivity index (χ1v) is 12.2. The fraction of sp³-hybridized carbons (Fsp3) is 0.429. The van der Waals surface area contributed by atoms with Gasteiger partial charge in [0.05, 0.1) is 44.5 Å². The number of carbonyl (C=O) groups is 4. The number of anilines is 1. The lowest BCUT2D eigenvalue weighted by molar-refractivity contribution is -0.139. The second kappa shape index (κ2) is 18.3. The van der Waals surface area contributed by atoms with Crippen molar-refractivity contribution in [2.45, 2.75) is 40.2 Å². The van der Waals surface area contributed by atoms with E-state index in [4.69, 9.17) is 4.84 Å². The molecular formula is C28H41N3O7. The number of amides is 2. The van der Waals surface area contributed by atoms with Crippen LogP contribution in [0.5, 0.6) is 0 Å². The molecule has 1 aliphatic rings. The van der Waals surface area contributed by atoms with Gasteiger partial charge >= 0.3 is 5.97 Å². The molecule has 210 valence electrons. The summed E-state index contributed by atoms with van der Waals surface area (Å²) < 4.78 is 8.76. The van der Waals surface area contributed by atoms with Crippen LogP contribution in [0.2, 0.25) is 0 Å². The van der Waals surface area contributed by atoms with Crippen LogP contribution in [-0.4, -0.2) is 76.0 Å². The highest BCUT2D eigenvalue weighted by atomic mass is 16.6. The van der Waals surface area contributed by atoms with Crippen LogP contribution in [0.3, 0.4) is 0 Å². The number of rotatable bonds is 7. The maximum Gasteiger partial charge on any atom is 0.309 e. The number of esters is 1. The fourth-order valence-electron chi connectivity index (χ4n) is 3.26. The van der Waals surface area contributed by atoms with E-state index in [1.165, 1.54) is 19.1 Å². The Morgan fingerprint density at radius 2 is 1.74 bits per heavy atom. The van der Waals surface area contributed by atoms with Gasteiger partial charge in [-0.05, 0) is 43.2 Å². The van der Waals surface area contributed by atoms with E-state index in [1.807, 2.05) is 52.1 Å². The second-order valence-electron chi connectivity index (χ2n) is 7.87. The molecule has 38 heavy (non-hydrogen) atoms. The van der Waals surface area contributed by atoms with Gasteiger partial charge < -0.3 is 19.3 Å². The van der Waals surface area contributed by atoms with E-state index in [0.717, 1.165) is 11.1 Å². The molecule has 1 aliphatic heterocycles. The zero-order chi connectivity index (χ0) is 29.3. The third-order valence-electron chi connectivity index (χ3n) is 5.29. The lowest BCUT2D eigenvalue weighted by Gasteiger charge is -2.15. The summed E-state index contributed by atoms with van der Waals surface area (Å²) >= 11 is 0. The molecule has 3 rings (SSSR count). The number of ether oxygens (including phenoxy) is 2. The third kappa shape index (κ3) is 10.2. The first-order chi connectivity index (χ1) is 18.1. The molecule has 1 unspecified atom stereocenters. The van der Waals surface area contributed by atoms with Crippen LogP contribution < -0.4 is 5.48 Å². The molecule has 10 heteroatoms. The molecule has 0 aliphatic carbocycles. The molecule has 10 nitrogen and oxygen atoms in total. The normalized spacial score (nSPS) is 12.7. The van der Waals surface area contributed by atoms with Crippen LogP contribution in [0.25, 0.3) is 0 Å². The highest BCUT2D eigenvalue weighted by Gasteiger charge is 2.29. The van der Waals surface area contributed by atoms with Crippen molar-refractivity contribution in [2.24, 2.45) is 0 Å². The van der Waals surface area contributed by atoms with E-state index in [2.05, 4.69) is 15.0 Å². The summed E-state index contributed by atoms with van der Waals surface area (Å²) in [6, 6.07) is 13.1. The standard InChI is InChI=1S/C13H18N2O4.C10H11NO.C3H6O2.C2H6/c1-15(2)13(17)10-7-9(8-12(16)18-3)5-6-11(10)14-19-4;1-7-8-5-3-4-6-9(8)10(12)11(7)2;1-2-5-3-4;1-2/h5-7,14H,8H2,1-4H3;3-7H,1-2H3;3H,2H2,1H3;1-2H3. The van der Waals surface area contributed by atoms with Crippen LogP contribution in [0.4, 0.5) is 5.69 Å². The Morgan fingerprint density at radius 3 is 2.21 bits per heavy atom. The Bertz CT molecular complexity index is 1040. The monoisotopic (exact) mass is 531 g/mol. The molecule has 1 N–H and O–H groups in total. The van der Waals surface area contributed by atoms with Gasteiger partial charge in [-0.15, -0.1) is 0 Å². The Hall–Kier alpha value is -3.92. The molecule has 1 heterocycles. The third-order valence-corrected chi connectivity index (χ3v) is 5.29. The fourth-order valence-corrected chi connectivity index (χ4v) is 3.26. The number of carbonyl (C=O) groups excluding carboxylic acids is 4. The van der Waals surface area contributed by atoms with Crippen molar-refractivity contribution in [3.8, 4) is 0 Å². The van der Waals surface area contributed by atoms with E-state index in [-0.39, 0.29) is 30.2 Å². The van der Waals surface area contributed by atoms with Gasteiger partial charge in [-0.3, -0.25) is 29.5 Å². The lowest BCUT2D eigenvalue weighted by atomic mass is 10.1. The molecule has 0 spiro atoms. The first kappa shape index (κ1) is 34.1. The highest BCUT2D eigenvalue weighted by Crippen LogP contribution is 2.30. The van der Waals surface area contributed by atoms with Crippen LogP contribution in [0.1, 0.15) is 65.6 Å². The number of benzene rings is 2. The number of hydrogen-bond acceptors (Lipinski definition) is 8. The lowest BCUT2D eigenvalue weighted by Crippen LogP contribution is -2.23. The van der Waals surface area contributed by atoms with Gasteiger partial charge in [0, 0.05) is 26.7 Å². The number of nitrogens with zero attached hydrogens (tertiary/aromatic N) is 2. The minimum Gasteiger partial charge on any atom is -0.469 e. The van der Waals surface area contributed by atoms with Gasteiger partial charge in [-0.25, -0.2) is 0 Å². The molecule has 0 fully saturated rings. The highest BCUT2D eigenvalue weighted by molar-refractivity contribution is 6.00. The van der Waals surface area contributed by atoms with E-state index < -0.39 is 0 Å². The molecule has 0 bridgehead atoms. The summed E-state index contributed by atoms with van der Waals surface area (Å²) in [5.74, 6) is -0.389. The van der Waals surface area contributed by atoms with Crippen LogP contribution in [0, 0.1) is 0 Å². The van der Waals surface area contributed by atoms with Gasteiger partial charge in [0.25, 0.3) is 18.3 Å². The number of methoxy groups -OCH3 is 1. The summed E-state index contributed by atoms with van der Waals surface area (Å²) in [6.45, 7) is 8.71. The Kier molecular flexibility index (Phi) is 16.5. The molecule has 2 aromatic rings. The van der Waals surface area contributed by atoms with Crippen molar-refractivity contribution < 1.29 is 33.5 Å². The maximum absolute atomic E-state index is 12.1. The molecular weight excluding hydrogens is 490 g/mol. The predicted molar refractivity (Wildman–Crippen MR) is 147 cm³/mol. The Balaban J connectivity index is 0.000000610. The van der Waals surface area contributed by atoms with Crippen molar-refractivity contribution >= 4 is 29.9 Å². The van der Waals surface area contributed by atoms with Crippen molar-refractivity contribution in [2.75, 3.05) is 47.4 Å². The minimum absolute atomic E-state index is 0.122. The molecule has 2 amide bonds. The topological polar surface area (TPSA) is 114 Å². The first-order valence-electron chi connectivity index (χ1n) is 12.2. The van der Waals surface area contributed by atoms with E-state index in [1.54, 1.807) is 44.1 Å².